The van der Waals surface area contributed by atoms with Gasteiger partial charge in [-0.25, -0.2) is 10.2 Å². The molecule has 0 aromatic rings. The van der Waals surface area contributed by atoms with E-state index in [1.165, 1.54) is 0 Å². The van der Waals surface area contributed by atoms with E-state index in [0.29, 0.717) is 11.7 Å². The fraction of sp³-hybridized carbons (Fsp3) is 0.750. The first-order chi connectivity index (χ1) is 7.20. The van der Waals surface area contributed by atoms with Gasteiger partial charge in [0.2, 0.25) is 0 Å². The van der Waals surface area contributed by atoms with Crippen molar-refractivity contribution in [3.63, 3.8) is 0 Å². The molecule has 0 aliphatic rings. The molecule has 0 spiro atoms. The van der Waals surface area contributed by atoms with Gasteiger partial charge in [0.05, 0.1) is 6.61 Å². The molecule has 0 saturated heterocycles. The van der Waals surface area contributed by atoms with Crippen LogP contribution in [0, 0.1) is 0 Å². The average Bonchev–Trinajstić information content (AvgIpc) is 2.22. The van der Waals surface area contributed by atoms with Crippen molar-refractivity contribution in [3.05, 3.63) is 0 Å². The predicted molar refractivity (Wildman–Crippen MR) is 66.9 cm³/mol. The zero-order chi connectivity index (χ0) is 11.5. The highest BCUT2D eigenvalue weighted by molar-refractivity contribution is 7.98. The molecule has 0 radical (unpaired) electrons. The van der Waals surface area contributed by atoms with Crippen LogP contribution in [-0.4, -0.2) is 36.4 Å². The Labute approximate surface area is 99.7 Å². The molecule has 0 rings (SSSR count). The van der Waals surface area contributed by atoms with Gasteiger partial charge in [0, 0.05) is 6.54 Å². The first kappa shape index (κ1) is 14.3. The number of nitrogens with one attached hydrogen (secondary N) is 3. The third kappa shape index (κ3) is 9.61. The van der Waals surface area contributed by atoms with Crippen LogP contribution in [0.15, 0.2) is 0 Å². The number of carbonyl (C=O) groups is 1. The second-order valence-corrected chi connectivity index (χ2v) is 3.97. The molecule has 0 saturated carbocycles. The normalized spacial score (nSPS) is 9.20. The van der Waals surface area contributed by atoms with Gasteiger partial charge in [0.25, 0.3) is 0 Å². The Balaban J connectivity index is 3.36. The highest BCUT2D eigenvalue weighted by Gasteiger charge is 1.99. The lowest BCUT2D eigenvalue weighted by atomic mass is 10.5. The minimum Gasteiger partial charge on any atom is -0.449 e. The highest BCUT2D eigenvalue weighted by Crippen LogP contribution is 1.92. The van der Waals surface area contributed by atoms with Crippen molar-refractivity contribution < 1.29 is 9.53 Å². The molecule has 0 aliphatic carbocycles. The summed E-state index contributed by atoms with van der Waals surface area (Å²) in [4.78, 5) is 10.8. The van der Waals surface area contributed by atoms with Crippen molar-refractivity contribution in [3.8, 4) is 0 Å². The number of thioether (sulfide) groups is 1. The van der Waals surface area contributed by atoms with Gasteiger partial charge in [0.1, 0.15) is 0 Å². The number of amides is 1. The van der Waals surface area contributed by atoms with E-state index in [0.717, 1.165) is 18.7 Å². The molecule has 0 unspecified atom stereocenters. The van der Waals surface area contributed by atoms with E-state index in [4.69, 9.17) is 12.2 Å². The Kier molecular flexibility index (Phi) is 9.40. The Hall–Kier alpha value is -0.690. The van der Waals surface area contributed by atoms with Crippen LogP contribution >= 0.6 is 24.0 Å². The molecule has 3 N–H and O–H groups in total. The van der Waals surface area contributed by atoms with Crippen LogP contribution in [0.1, 0.15) is 13.3 Å². The summed E-state index contributed by atoms with van der Waals surface area (Å²) in [5.41, 5.74) is 4.84. The van der Waals surface area contributed by atoms with Gasteiger partial charge >= 0.3 is 6.09 Å². The van der Waals surface area contributed by atoms with Gasteiger partial charge in [-0.1, -0.05) is 0 Å². The second-order valence-electron chi connectivity index (χ2n) is 2.57. The van der Waals surface area contributed by atoms with E-state index in [2.05, 4.69) is 27.2 Å². The van der Waals surface area contributed by atoms with Crippen molar-refractivity contribution in [1.29, 1.82) is 0 Å². The van der Waals surface area contributed by atoms with Crippen molar-refractivity contribution >= 4 is 35.2 Å². The molecule has 5 nitrogen and oxygen atoms in total. The largest absolute Gasteiger partial charge is 0.449 e. The van der Waals surface area contributed by atoms with Gasteiger partial charge in [0.15, 0.2) is 5.11 Å². The quantitative estimate of drug-likeness (QED) is 0.383. The predicted octanol–water partition coefficient (Wildman–Crippen LogP) is 0.865. The number of hydrogen-bond acceptors (Lipinski definition) is 4. The minimum absolute atomic E-state index is 0.335. The van der Waals surface area contributed by atoms with E-state index in [9.17, 15) is 4.79 Å². The third-order valence-corrected chi connectivity index (χ3v) is 2.31. The summed E-state index contributed by atoms with van der Waals surface area (Å²) in [7, 11) is 0. The Morgan fingerprint density at radius 2 is 2.20 bits per heavy atom. The van der Waals surface area contributed by atoms with Gasteiger partial charge in [-0.2, -0.15) is 11.8 Å². The molecule has 0 atom stereocenters. The lowest BCUT2D eigenvalue weighted by Crippen LogP contribution is -2.47. The topological polar surface area (TPSA) is 62.4 Å². The summed E-state index contributed by atoms with van der Waals surface area (Å²) in [6.07, 6.45) is 2.55. The van der Waals surface area contributed by atoms with E-state index in [1.54, 1.807) is 18.7 Å². The van der Waals surface area contributed by atoms with Gasteiger partial charge < -0.3 is 10.1 Å². The molecule has 0 heterocycles. The van der Waals surface area contributed by atoms with Gasteiger partial charge in [-0.3, -0.25) is 5.43 Å². The number of hydrogen-bond donors (Lipinski definition) is 3. The summed E-state index contributed by atoms with van der Waals surface area (Å²) < 4.78 is 4.63. The van der Waals surface area contributed by atoms with E-state index in [-0.39, 0.29) is 0 Å². The molecule has 1 amide bonds. The van der Waals surface area contributed by atoms with E-state index < -0.39 is 6.09 Å². The molecule has 0 aliphatic heterocycles. The summed E-state index contributed by atoms with van der Waals surface area (Å²) in [6, 6.07) is 0. The van der Waals surface area contributed by atoms with Crippen LogP contribution in [0.25, 0.3) is 0 Å². The molecule has 7 heteroatoms. The van der Waals surface area contributed by atoms with Gasteiger partial charge in [-0.15, -0.1) is 0 Å². The maximum absolute atomic E-state index is 10.8. The van der Waals surface area contributed by atoms with Crippen LogP contribution < -0.4 is 16.2 Å². The van der Waals surface area contributed by atoms with Crippen LogP contribution in [0.5, 0.6) is 0 Å². The van der Waals surface area contributed by atoms with Crippen LogP contribution in [0.4, 0.5) is 4.79 Å². The maximum atomic E-state index is 10.8. The summed E-state index contributed by atoms with van der Waals surface area (Å²) in [5.74, 6) is 1.08. The fourth-order valence-corrected chi connectivity index (χ4v) is 1.32. The minimum atomic E-state index is -0.536. The molecule has 0 aromatic carbocycles. The molecule has 15 heavy (non-hydrogen) atoms. The van der Waals surface area contributed by atoms with Crippen molar-refractivity contribution in [1.82, 2.24) is 16.2 Å². The monoisotopic (exact) mass is 251 g/mol. The molecular weight excluding hydrogens is 234 g/mol. The van der Waals surface area contributed by atoms with Crippen LogP contribution in [0.3, 0.4) is 0 Å². The van der Waals surface area contributed by atoms with Crippen LogP contribution in [0.2, 0.25) is 0 Å². The third-order valence-electron chi connectivity index (χ3n) is 1.36. The van der Waals surface area contributed by atoms with Crippen LogP contribution in [-0.2, 0) is 4.74 Å². The first-order valence-electron chi connectivity index (χ1n) is 4.66. The summed E-state index contributed by atoms with van der Waals surface area (Å²) in [5, 5.41) is 3.34. The molecular formula is C8H17N3O2S2. The van der Waals surface area contributed by atoms with Crippen molar-refractivity contribution in [2.24, 2.45) is 0 Å². The number of thiocarbonyl (C=S) groups is 1. The zero-order valence-corrected chi connectivity index (χ0v) is 10.6. The Morgan fingerprint density at radius 1 is 1.47 bits per heavy atom. The maximum Gasteiger partial charge on any atom is 0.425 e. The molecule has 88 valence electrons. The highest BCUT2D eigenvalue weighted by atomic mass is 32.2. The number of rotatable bonds is 5. The standard InChI is InChI=1S/C8H17N3O2S2/c1-3-13-8(12)11-10-7(14)9-5-4-6-15-2/h3-6H2,1-2H3,(H,11,12)(H2,9,10,14). The molecule has 0 fully saturated rings. The van der Waals surface area contributed by atoms with Gasteiger partial charge in [-0.05, 0) is 37.6 Å². The summed E-state index contributed by atoms with van der Waals surface area (Å²) >= 11 is 6.69. The Bertz CT molecular complexity index is 202. The Morgan fingerprint density at radius 3 is 2.80 bits per heavy atom. The zero-order valence-electron chi connectivity index (χ0n) is 8.96. The first-order valence-corrected chi connectivity index (χ1v) is 6.46. The van der Waals surface area contributed by atoms with Crippen molar-refractivity contribution in [2.45, 2.75) is 13.3 Å². The second kappa shape index (κ2) is 9.85. The molecule has 0 aromatic heterocycles. The average molecular weight is 251 g/mol. The SMILES string of the molecule is CCOC(=O)NNC(=S)NCCCSC. The summed E-state index contributed by atoms with van der Waals surface area (Å²) in [6.45, 7) is 2.86. The fourth-order valence-electron chi connectivity index (χ4n) is 0.738. The smallest absolute Gasteiger partial charge is 0.425 e. The van der Waals surface area contributed by atoms with E-state index >= 15 is 0 Å². The lowest BCUT2D eigenvalue weighted by Gasteiger charge is -2.10. The number of ether oxygens (including phenoxy) is 1. The number of hydrazine groups is 1. The lowest BCUT2D eigenvalue weighted by molar-refractivity contribution is 0.150. The van der Waals surface area contributed by atoms with Crippen molar-refractivity contribution in [2.75, 3.05) is 25.2 Å². The number of carbonyl (C=O) groups excluding carboxylic acids is 1. The molecule has 0 bridgehead atoms. The van der Waals surface area contributed by atoms with E-state index in [1.807, 2.05) is 0 Å².